The van der Waals surface area contributed by atoms with Crippen LogP contribution in [0.5, 0.6) is 0 Å². The SMILES string of the molecule is CC1(C)CC(NC(=O)Cn2ccc(N)n2)CCO1. The van der Waals surface area contributed by atoms with E-state index in [4.69, 9.17) is 10.5 Å². The lowest BCUT2D eigenvalue weighted by molar-refractivity contribution is -0.124. The van der Waals surface area contributed by atoms with Gasteiger partial charge in [-0.2, -0.15) is 5.10 Å². The van der Waals surface area contributed by atoms with E-state index in [1.54, 1.807) is 12.3 Å². The Morgan fingerprint density at radius 2 is 2.50 bits per heavy atom. The average molecular weight is 252 g/mol. The third-order valence-electron chi connectivity index (χ3n) is 3.03. The maximum Gasteiger partial charge on any atom is 0.241 e. The van der Waals surface area contributed by atoms with Crippen molar-refractivity contribution < 1.29 is 9.53 Å². The Bertz CT molecular complexity index is 427. The molecule has 0 saturated carbocycles. The summed E-state index contributed by atoms with van der Waals surface area (Å²) in [6, 6.07) is 1.85. The normalized spacial score (nSPS) is 22.7. The number of amides is 1. The molecule has 1 aliphatic heterocycles. The molecule has 0 radical (unpaired) electrons. The van der Waals surface area contributed by atoms with Crippen molar-refractivity contribution in [2.45, 2.75) is 44.9 Å². The summed E-state index contributed by atoms with van der Waals surface area (Å²) in [5.74, 6) is 0.385. The van der Waals surface area contributed by atoms with Crippen LogP contribution in [-0.2, 0) is 16.1 Å². The van der Waals surface area contributed by atoms with Crippen LogP contribution in [0, 0.1) is 0 Å². The molecule has 1 aromatic heterocycles. The van der Waals surface area contributed by atoms with Gasteiger partial charge in [-0.15, -0.1) is 0 Å². The van der Waals surface area contributed by atoms with Crippen molar-refractivity contribution in [1.82, 2.24) is 15.1 Å². The van der Waals surface area contributed by atoms with Gasteiger partial charge < -0.3 is 15.8 Å². The summed E-state index contributed by atoms with van der Waals surface area (Å²) >= 11 is 0. The van der Waals surface area contributed by atoms with E-state index in [-0.39, 0.29) is 24.1 Å². The first-order valence-electron chi connectivity index (χ1n) is 6.17. The Morgan fingerprint density at radius 1 is 1.72 bits per heavy atom. The molecule has 2 heterocycles. The average Bonchev–Trinajstić information content (AvgIpc) is 2.62. The molecule has 1 atom stereocenters. The summed E-state index contributed by atoms with van der Waals surface area (Å²) in [6.07, 6.45) is 3.39. The Morgan fingerprint density at radius 3 is 3.11 bits per heavy atom. The molecular weight excluding hydrogens is 232 g/mol. The lowest BCUT2D eigenvalue weighted by Gasteiger charge is -2.35. The zero-order valence-electron chi connectivity index (χ0n) is 10.8. The zero-order valence-corrected chi connectivity index (χ0v) is 10.8. The minimum absolute atomic E-state index is 0.0409. The monoisotopic (exact) mass is 252 g/mol. The van der Waals surface area contributed by atoms with E-state index >= 15 is 0 Å². The molecule has 6 heteroatoms. The second-order valence-corrected chi connectivity index (χ2v) is 5.30. The molecule has 0 aliphatic carbocycles. The zero-order chi connectivity index (χ0) is 13.2. The number of anilines is 1. The summed E-state index contributed by atoms with van der Waals surface area (Å²) in [4.78, 5) is 11.8. The number of hydrogen-bond acceptors (Lipinski definition) is 4. The largest absolute Gasteiger partial charge is 0.382 e. The van der Waals surface area contributed by atoms with Crippen LogP contribution in [0.15, 0.2) is 12.3 Å². The van der Waals surface area contributed by atoms with Crippen molar-refractivity contribution in [3.8, 4) is 0 Å². The van der Waals surface area contributed by atoms with E-state index in [1.165, 1.54) is 4.68 Å². The van der Waals surface area contributed by atoms with Gasteiger partial charge >= 0.3 is 0 Å². The fourth-order valence-electron chi connectivity index (χ4n) is 2.24. The molecule has 1 saturated heterocycles. The summed E-state index contributed by atoms with van der Waals surface area (Å²) < 4.78 is 7.15. The molecule has 3 N–H and O–H groups in total. The van der Waals surface area contributed by atoms with Gasteiger partial charge in [0, 0.05) is 18.8 Å². The van der Waals surface area contributed by atoms with Crippen LogP contribution in [0.4, 0.5) is 5.82 Å². The van der Waals surface area contributed by atoms with Gasteiger partial charge in [0.2, 0.25) is 5.91 Å². The number of nitrogens with one attached hydrogen (secondary N) is 1. The maximum atomic E-state index is 11.8. The van der Waals surface area contributed by atoms with Gasteiger partial charge in [0.1, 0.15) is 12.4 Å². The van der Waals surface area contributed by atoms with Crippen molar-refractivity contribution in [1.29, 1.82) is 0 Å². The van der Waals surface area contributed by atoms with Gasteiger partial charge in [0.15, 0.2) is 0 Å². The summed E-state index contributed by atoms with van der Waals surface area (Å²) in [7, 11) is 0. The number of carbonyl (C=O) groups excluding carboxylic acids is 1. The van der Waals surface area contributed by atoms with Crippen LogP contribution in [0.1, 0.15) is 26.7 Å². The number of nitrogen functional groups attached to an aromatic ring is 1. The Balaban J connectivity index is 1.84. The van der Waals surface area contributed by atoms with E-state index in [9.17, 15) is 4.79 Å². The number of nitrogens with two attached hydrogens (primary N) is 1. The summed E-state index contributed by atoms with van der Waals surface area (Å²) in [5, 5.41) is 6.99. The number of carbonyl (C=O) groups is 1. The summed E-state index contributed by atoms with van der Waals surface area (Å²) in [5.41, 5.74) is 5.33. The number of aromatic nitrogens is 2. The van der Waals surface area contributed by atoms with Crippen molar-refractivity contribution in [3.05, 3.63) is 12.3 Å². The second kappa shape index (κ2) is 4.97. The smallest absolute Gasteiger partial charge is 0.241 e. The first kappa shape index (κ1) is 12.9. The second-order valence-electron chi connectivity index (χ2n) is 5.30. The van der Waals surface area contributed by atoms with Gasteiger partial charge in [-0.3, -0.25) is 9.48 Å². The lowest BCUT2D eigenvalue weighted by atomic mass is 9.94. The molecule has 0 aromatic carbocycles. The van der Waals surface area contributed by atoms with Crippen molar-refractivity contribution in [3.63, 3.8) is 0 Å². The summed E-state index contributed by atoms with van der Waals surface area (Å²) in [6.45, 7) is 4.97. The molecule has 6 nitrogen and oxygen atoms in total. The highest BCUT2D eigenvalue weighted by Crippen LogP contribution is 2.23. The first-order chi connectivity index (χ1) is 8.44. The van der Waals surface area contributed by atoms with E-state index in [2.05, 4.69) is 10.4 Å². The molecule has 1 aliphatic rings. The van der Waals surface area contributed by atoms with Crippen LogP contribution in [0.25, 0.3) is 0 Å². The molecule has 1 amide bonds. The minimum Gasteiger partial charge on any atom is -0.382 e. The Labute approximate surface area is 106 Å². The molecular formula is C12H20N4O2. The fourth-order valence-corrected chi connectivity index (χ4v) is 2.24. The van der Waals surface area contributed by atoms with Crippen LogP contribution in [-0.4, -0.2) is 33.9 Å². The van der Waals surface area contributed by atoms with Crippen molar-refractivity contribution in [2.75, 3.05) is 12.3 Å². The highest BCUT2D eigenvalue weighted by Gasteiger charge is 2.29. The van der Waals surface area contributed by atoms with Crippen molar-refractivity contribution in [2.24, 2.45) is 0 Å². The van der Waals surface area contributed by atoms with Crippen LogP contribution >= 0.6 is 0 Å². The van der Waals surface area contributed by atoms with E-state index in [0.29, 0.717) is 12.4 Å². The highest BCUT2D eigenvalue weighted by molar-refractivity contribution is 5.76. The topological polar surface area (TPSA) is 82.2 Å². The highest BCUT2D eigenvalue weighted by atomic mass is 16.5. The molecule has 18 heavy (non-hydrogen) atoms. The molecule has 1 unspecified atom stereocenters. The van der Waals surface area contributed by atoms with Gasteiger partial charge in [-0.25, -0.2) is 0 Å². The quantitative estimate of drug-likeness (QED) is 0.822. The van der Waals surface area contributed by atoms with E-state index < -0.39 is 0 Å². The fraction of sp³-hybridized carbons (Fsp3) is 0.667. The number of nitrogens with zero attached hydrogens (tertiary/aromatic N) is 2. The Kier molecular flexibility index (Phi) is 3.56. The van der Waals surface area contributed by atoms with Crippen LogP contribution < -0.4 is 11.1 Å². The predicted octanol–water partition coefficient (Wildman–Crippen LogP) is 0.539. The van der Waals surface area contributed by atoms with Crippen LogP contribution in [0.3, 0.4) is 0 Å². The molecule has 100 valence electrons. The molecule has 1 aromatic rings. The van der Waals surface area contributed by atoms with E-state index in [1.807, 2.05) is 13.8 Å². The number of hydrogen-bond donors (Lipinski definition) is 2. The van der Waals surface area contributed by atoms with Gasteiger partial charge in [-0.1, -0.05) is 0 Å². The predicted molar refractivity (Wildman–Crippen MR) is 67.8 cm³/mol. The molecule has 2 rings (SSSR count). The molecule has 0 bridgehead atoms. The van der Waals surface area contributed by atoms with Gasteiger partial charge in [-0.05, 0) is 32.8 Å². The van der Waals surface area contributed by atoms with Gasteiger partial charge in [0.05, 0.1) is 5.60 Å². The third kappa shape index (κ3) is 3.46. The lowest BCUT2D eigenvalue weighted by Crippen LogP contribution is -2.46. The number of ether oxygens (including phenoxy) is 1. The maximum absolute atomic E-state index is 11.8. The molecule has 0 spiro atoms. The van der Waals surface area contributed by atoms with E-state index in [0.717, 1.165) is 12.8 Å². The van der Waals surface area contributed by atoms with Crippen LogP contribution in [0.2, 0.25) is 0 Å². The van der Waals surface area contributed by atoms with Gasteiger partial charge in [0.25, 0.3) is 0 Å². The first-order valence-corrected chi connectivity index (χ1v) is 6.17. The third-order valence-corrected chi connectivity index (χ3v) is 3.03. The molecule has 1 fully saturated rings. The Hall–Kier alpha value is -1.56. The van der Waals surface area contributed by atoms with Crippen molar-refractivity contribution >= 4 is 11.7 Å². The number of rotatable bonds is 3. The standard InChI is InChI=1S/C12H20N4O2/c1-12(2)7-9(4-6-18-12)14-11(17)8-16-5-3-10(13)15-16/h3,5,9H,4,6-8H2,1-2H3,(H2,13,15)(H,14,17). The minimum atomic E-state index is -0.160.